The molecule has 168 valence electrons. The zero-order valence-corrected chi connectivity index (χ0v) is 19.8. The summed E-state index contributed by atoms with van der Waals surface area (Å²) in [5.74, 6) is -0.610. The molecular formula is C21H22Cl3NO5S. The molecule has 3 rings (SSSR count). The van der Waals surface area contributed by atoms with Gasteiger partial charge in [0.25, 0.3) is 0 Å². The number of hydrogen-bond acceptors (Lipinski definition) is 5. The Morgan fingerprint density at radius 3 is 2.32 bits per heavy atom. The van der Waals surface area contributed by atoms with E-state index in [-0.39, 0.29) is 16.5 Å². The van der Waals surface area contributed by atoms with Crippen molar-refractivity contribution >= 4 is 50.7 Å². The summed E-state index contributed by atoms with van der Waals surface area (Å²) in [7, 11) is -3.91. The number of halogens is 3. The number of rotatable bonds is 6. The number of carbonyl (C=O) groups is 1. The Labute approximate surface area is 196 Å². The van der Waals surface area contributed by atoms with Gasteiger partial charge in [-0.2, -0.15) is 0 Å². The molecule has 2 aromatic rings. The molecular weight excluding hydrogens is 485 g/mol. The van der Waals surface area contributed by atoms with Crippen molar-refractivity contribution < 1.29 is 22.7 Å². The molecule has 1 heterocycles. The highest BCUT2D eigenvalue weighted by Gasteiger charge is 2.36. The van der Waals surface area contributed by atoms with E-state index in [1.165, 1.54) is 35.2 Å². The van der Waals surface area contributed by atoms with Crippen molar-refractivity contribution in [1.82, 2.24) is 4.90 Å². The first-order valence-corrected chi connectivity index (χ1v) is 12.3. The SMILES string of the molecule is CC(COC(=O)N1CCOCC1)C(c1cc(Cl)ccc1Cl)S(=O)(=O)c1ccc(Cl)cc1. The molecule has 1 aliphatic rings. The van der Waals surface area contributed by atoms with Crippen molar-refractivity contribution in [3.8, 4) is 0 Å². The van der Waals surface area contributed by atoms with Gasteiger partial charge in [-0.25, -0.2) is 13.2 Å². The van der Waals surface area contributed by atoms with Crippen LogP contribution in [0.15, 0.2) is 47.4 Å². The summed E-state index contributed by atoms with van der Waals surface area (Å²) < 4.78 is 37.8. The zero-order chi connectivity index (χ0) is 22.6. The lowest BCUT2D eigenvalue weighted by Crippen LogP contribution is -2.41. The Kier molecular flexibility index (Phi) is 8.10. The van der Waals surface area contributed by atoms with Gasteiger partial charge < -0.3 is 14.4 Å². The fraction of sp³-hybridized carbons (Fsp3) is 0.381. The lowest BCUT2D eigenvalue weighted by molar-refractivity contribution is 0.0233. The molecule has 0 aromatic heterocycles. The van der Waals surface area contributed by atoms with Crippen molar-refractivity contribution in [2.75, 3.05) is 32.9 Å². The Morgan fingerprint density at radius 2 is 1.68 bits per heavy atom. The van der Waals surface area contributed by atoms with Gasteiger partial charge >= 0.3 is 6.09 Å². The van der Waals surface area contributed by atoms with Crippen LogP contribution in [-0.4, -0.2) is 52.3 Å². The molecule has 6 nitrogen and oxygen atoms in total. The number of morpholine rings is 1. The summed E-state index contributed by atoms with van der Waals surface area (Å²) >= 11 is 18.4. The van der Waals surface area contributed by atoms with Crippen LogP contribution in [0, 0.1) is 5.92 Å². The number of carbonyl (C=O) groups excluding carboxylic acids is 1. The van der Waals surface area contributed by atoms with Gasteiger partial charge in [0.05, 0.1) is 30.0 Å². The second-order valence-corrected chi connectivity index (χ2v) is 10.6. The second-order valence-electron chi connectivity index (χ2n) is 7.24. The topological polar surface area (TPSA) is 72.9 Å². The van der Waals surface area contributed by atoms with Crippen molar-refractivity contribution in [3.63, 3.8) is 0 Å². The molecule has 0 bridgehead atoms. The van der Waals surface area contributed by atoms with E-state index in [0.29, 0.717) is 41.9 Å². The Bertz CT molecular complexity index is 1020. The highest BCUT2D eigenvalue weighted by Crippen LogP contribution is 2.40. The monoisotopic (exact) mass is 505 g/mol. The van der Waals surface area contributed by atoms with Crippen LogP contribution in [0.3, 0.4) is 0 Å². The fourth-order valence-electron chi connectivity index (χ4n) is 3.41. The third-order valence-corrected chi connectivity index (χ3v) is 8.14. The minimum atomic E-state index is -3.91. The molecule has 31 heavy (non-hydrogen) atoms. The first kappa shape index (κ1) is 24.1. The number of benzene rings is 2. The van der Waals surface area contributed by atoms with Gasteiger partial charge in [-0.05, 0) is 48.0 Å². The van der Waals surface area contributed by atoms with Gasteiger partial charge in [-0.1, -0.05) is 41.7 Å². The van der Waals surface area contributed by atoms with Gasteiger partial charge in [-0.3, -0.25) is 0 Å². The molecule has 1 saturated heterocycles. The van der Waals surface area contributed by atoms with Crippen molar-refractivity contribution in [2.24, 2.45) is 5.92 Å². The molecule has 2 aromatic carbocycles. The molecule has 1 aliphatic heterocycles. The summed E-state index contributed by atoms with van der Waals surface area (Å²) in [6.07, 6.45) is -0.505. The van der Waals surface area contributed by atoms with E-state index in [4.69, 9.17) is 44.3 Å². The van der Waals surface area contributed by atoms with Crippen LogP contribution in [0.2, 0.25) is 15.1 Å². The standard InChI is InChI=1S/C21H22Cl3NO5S/c1-14(13-30-21(26)25-8-10-29-11-9-25)20(18-12-16(23)4-7-19(18)24)31(27,28)17-5-2-15(22)3-6-17/h2-7,12,14,20H,8-11,13H2,1H3. The van der Waals surface area contributed by atoms with Gasteiger partial charge in [0, 0.05) is 34.1 Å². The number of nitrogens with zero attached hydrogens (tertiary/aromatic N) is 1. The van der Waals surface area contributed by atoms with Crippen molar-refractivity contribution in [3.05, 3.63) is 63.1 Å². The van der Waals surface area contributed by atoms with Gasteiger partial charge in [0.15, 0.2) is 9.84 Å². The summed E-state index contributed by atoms with van der Waals surface area (Å²) in [4.78, 5) is 14.0. The summed E-state index contributed by atoms with van der Waals surface area (Å²) in [5.41, 5.74) is 0.346. The van der Waals surface area contributed by atoms with Crippen LogP contribution in [0.5, 0.6) is 0 Å². The third-order valence-electron chi connectivity index (χ3n) is 5.00. The molecule has 0 radical (unpaired) electrons. The maximum absolute atomic E-state index is 13.6. The van der Waals surface area contributed by atoms with Crippen molar-refractivity contribution in [1.29, 1.82) is 0 Å². The quantitative estimate of drug-likeness (QED) is 0.534. The Morgan fingerprint density at radius 1 is 1.06 bits per heavy atom. The predicted octanol–water partition coefficient (Wildman–Crippen LogP) is 5.27. The average Bonchev–Trinajstić information content (AvgIpc) is 2.75. The van der Waals surface area contributed by atoms with E-state index in [1.807, 2.05) is 0 Å². The maximum Gasteiger partial charge on any atom is 0.409 e. The highest BCUT2D eigenvalue weighted by atomic mass is 35.5. The van der Waals surface area contributed by atoms with E-state index >= 15 is 0 Å². The second kappa shape index (κ2) is 10.4. The lowest BCUT2D eigenvalue weighted by atomic mass is 10.0. The van der Waals surface area contributed by atoms with Crippen LogP contribution in [0.25, 0.3) is 0 Å². The average molecular weight is 507 g/mol. The number of hydrogen-bond donors (Lipinski definition) is 0. The smallest absolute Gasteiger partial charge is 0.409 e. The first-order chi connectivity index (χ1) is 14.7. The van der Waals surface area contributed by atoms with E-state index < -0.39 is 27.1 Å². The largest absolute Gasteiger partial charge is 0.449 e. The molecule has 0 spiro atoms. The summed E-state index contributed by atoms with van der Waals surface area (Å²) in [5, 5.41) is -0.0485. The normalized spacial score (nSPS) is 16.6. The fourth-order valence-corrected chi connectivity index (χ4v) is 6.04. The molecule has 0 saturated carbocycles. The summed E-state index contributed by atoms with van der Waals surface area (Å²) in [6.45, 7) is 3.32. The van der Waals surface area contributed by atoms with Crippen LogP contribution >= 0.6 is 34.8 Å². The number of amides is 1. The van der Waals surface area contributed by atoms with Gasteiger partial charge in [0.2, 0.25) is 0 Å². The number of ether oxygens (including phenoxy) is 2. The Balaban J connectivity index is 1.91. The number of sulfone groups is 1. The van der Waals surface area contributed by atoms with Gasteiger partial charge in [0.1, 0.15) is 0 Å². The molecule has 1 fully saturated rings. The minimum absolute atomic E-state index is 0.0873. The van der Waals surface area contributed by atoms with E-state index in [1.54, 1.807) is 19.1 Å². The van der Waals surface area contributed by atoms with Crippen molar-refractivity contribution in [2.45, 2.75) is 17.1 Å². The molecule has 0 aliphatic carbocycles. The van der Waals surface area contributed by atoms with E-state index in [9.17, 15) is 13.2 Å². The van der Waals surface area contributed by atoms with Crippen LogP contribution in [-0.2, 0) is 19.3 Å². The van der Waals surface area contributed by atoms with Crippen LogP contribution < -0.4 is 0 Å². The van der Waals surface area contributed by atoms with Crippen LogP contribution in [0.4, 0.5) is 4.79 Å². The maximum atomic E-state index is 13.6. The zero-order valence-electron chi connectivity index (χ0n) is 16.8. The molecule has 1 amide bonds. The van der Waals surface area contributed by atoms with Gasteiger partial charge in [-0.15, -0.1) is 0 Å². The highest BCUT2D eigenvalue weighted by molar-refractivity contribution is 7.91. The minimum Gasteiger partial charge on any atom is -0.449 e. The van der Waals surface area contributed by atoms with Crippen LogP contribution in [0.1, 0.15) is 17.7 Å². The Hall–Kier alpha value is -1.51. The first-order valence-electron chi connectivity index (χ1n) is 9.64. The van der Waals surface area contributed by atoms with E-state index in [0.717, 1.165) is 0 Å². The van der Waals surface area contributed by atoms with E-state index in [2.05, 4.69) is 0 Å². The predicted molar refractivity (Wildman–Crippen MR) is 121 cm³/mol. The summed E-state index contributed by atoms with van der Waals surface area (Å²) in [6, 6.07) is 10.6. The third kappa shape index (κ3) is 5.84. The molecule has 10 heteroatoms. The molecule has 2 atom stereocenters. The molecule has 0 N–H and O–H groups in total. The lowest BCUT2D eigenvalue weighted by Gasteiger charge is -2.29. The molecule has 2 unspecified atom stereocenters.